The Morgan fingerprint density at radius 3 is 2.45 bits per heavy atom. The van der Waals surface area contributed by atoms with Gasteiger partial charge >= 0.3 is 12.1 Å². The van der Waals surface area contributed by atoms with Gasteiger partial charge in [0.05, 0.1) is 5.56 Å². The number of alkyl halides is 3. The fraction of sp³-hybridized carbons (Fsp3) is 0.303. The molecule has 1 aliphatic heterocycles. The van der Waals surface area contributed by atoms with Crippen molar-refractivity contribution < 1.29 is 27.9 Å². The van der Waals surface area contributed by atoms with E-state index in [0.717, 1.165) is 45.0 Å². The second kappa shape index (κ2) is 12.5. The summed E-state index contributed by atoms with van der Waals surface area (Å²) in [5, 5.41) is 15.0. The molecule has 2 N–H and O–H groups in total. The summed E-state index contributed by atoms with van der Waals surface area (Å²) in [5.41, 5.74) is -0.180. The van der Waals surface area contributed by atoms with Crippen LogP contribution in [0.2, 0.25) is 0 Å². The third kappa shape index (κ3) is 6.11. The van der Waals surface area contributed by atoms with Crippen molar-refractivity contribution in [2.75, 3.05) is 18.4 Å². The van der Waals surface area contributed by atoms with Gasteiger partial charge in [0, 0.05) is 31.0 Å². The van der Waals surface area contributed by atoms with E-state index in [0.29, 0.717) is 18.5 Å². The number of fused-ring (bicyclic) bond motifs is 2. The number of hydrogen-bond donors (Lipinski definition) is 2. The van der Waals surface area contributed by atoms with Gasteiger partial charge < -0.3 is 10.4 Å². The Labute approximate surface area is 256 Å². The third-order valence-electron chi connectivity index (χ3n) is 7.63. The maximum atomic E-state index is 14.3. The van der Waals surface area contributed by atoms with Gasteiger partial charge in [-0.3, -0.25) is 14.2 Å². The monoisotopic (exact) mass is 623 g/mol. The van der Waals surface area contributed by atoms with E-state index >= 15 is 0 Å². The molecule has 7 nitrogen and oxygen atoms in total. The van der Waals surface area contributed by atoms with Crippen LogP contribution in [0.25, 0.3) is 21.9 Å². The van der Waals surface area contributed by atoms with Gasteiger partial charge in [-0.1, -0.05) is 75.4 Å². The summed E-state index contributed by atoms with van der Waals surface area (Å²) >= 11 is 1.15. The van der Waals surface area contributed by atoms with Crippen LogP contribution in [-0.4, -0.2) is 38.9 Å². The average molecular weight is 624 g/mol. The quantitative estimate of drug-likeness (QED) is 0.201. The Morgan fingerprint density at radius 2 is 1.77 bits per heavy atom. The Balaban J connectivity index is 1.90. The lowest BCUT2D eigenvalue weighted by Gasteiger charge is -2.35. The molecule has 0 saturated carbocycles. The van der Waals surface area contributed by atoms with Gasteiger partial charge in [0.25, 0.3) is 5.56 Å². The molecule has 5 rings (SSSR count). The number of amides is 1. The van der Waals surface area contributed by atoms with Crippen molar-refractivity contribution in [2.24, 2.45) is 5.92 Å². The Kier molecular flexibility index (Phi) is 8.90. The normalized spacial score (nSPS) is 15.4. The molecule has 1 amide bonds. The van der Waals surface area contributed by atoms with Gasteiger partial charge in [0.1, 0.15) is 16.8 Å². The number of carboxylic acid groups (broad SMARTS) is 1. The Bertz CT molecular complexity index is 1800. The topological polar surface area (TPSA) is 91.6 Å². The van der Waals surface area contributed by atoms with Crippen LogP contribution < -0.4 is 10.9 Å². The summed E-state index contributed by atoms with van der Waals surface area (Å²) in [6.07, 6.45) is -3.86. The van der Waals surface area contributed by atoms with Crippen LogP contribution in [-0.2, 0) is 22.2 Å². The van der Waals surface area contributed by atoms with Crippen molar-refractivity contribution in [2.45, 2.75) is 50.9 Å². The van der Waals surface area contributed by atoms with Crippen LogP contribution >= 0.6 is 11.9 Å². The van der Waals surface area contributed by atoms with E-state index in [1.807, 2.05) is 53.7 Å². The van der Waals surface area contributed by atoms with Gasteiger partial charge in [0.2, 0.25) is 5.91 Å². The van der Waals surface area contributed by atoms with Crippen LogP contribution in [0.4, 0.5) is 18.9 Å². The van der Waals surface area contributed by atoms with Crippen molar-refractivity contribution in [1.29, 1.82) is 0 Å². The molecule has 0 saturated heterocycles. The predicted molar refractivity (Wildman–Crippen MR) is 166 cm³/mol. The van der Waals surface area contributed by atoms with Crippen molar-refractivity contribution in [3.05, 3.63) is 93.8 Å². The molecule has 0 fully saturated rings. The number of carboxylic acids is 1. The highest BCUT2D eigenvalue weighted by Crippen LogP contribution is 2.44. The standard InChI is InChI=1S/C33H32F3N3O4S/c1-4-15-38-18-26(32(42)43)39-30(41)28(37-29(40)19(2)3)25(17-21-11-7-10-20-9-5-6-14-24(20)21)27(31(39)44-38)22-12-8-13-23(16-22)33(34,35)36/h5-14,16,19,26H,4,15,17-18H2,1-3H3,(H,37,40)(H,42,43). The number of aliphatic carboxylic acids is 1. The molecule has 1 unspecified atom stereocenters. The molecule has 11 heteroatoms. The second-order valence-electron chi connectivity index (χ2n) is 11.1. The highest BCUT2D eigenvalue weighted by Gasteiger charge is 2.38. The maximum Gasteiger partial charge on any atom is 0.416 e. The van der Waals surface area contributed by atoms with E-state index in [4.69, 9.17) is 0 Å². The van der Waals surface area contributed by atoms with E-state index in [1.165, 1.54) is 12.1 Å². The zero-order valence-electron chi connectivity index (χ0n) is 24.4. The lowest BCUT2D eigenvalue weighted by Crippen LogP contribution is -2.43. The van der Waals surface area contributed by atoms with Crippen molar-refractivity contribution in [1.82, 2.24) is 8.87 Å². The zero-order valence-corrected chi connectivity index (χ0v) is 25.3. The fourth-order valence-corrected chi connectivity index (χ4v) is 6.82. The second-order valence-corrected chi connectivity index (χ2v) is 12.2. The minimum absolute atomic E-state index is 0.00299. The number of carbonyl (C=O) groups is 2. The molecule has 230 valence electrons. The van der Waals surface area contributed by atoms with Gasteiger partial charge in [-0.25, -0.2) is 9.10 Å². The summed E-state index contributed by atoms with van der Waals surface area (Å²) in [6, 6.07) is 16.8. The molecule has 0 aliphatic carbocycles. The lowest BCUT2D eigenvalue weighted by molar-refractivity contribution is -0.141. The lowest BCUT2D eigenvalue weighted by atomic mass is 9.91. The largest absolute Gasteiger partial charge is 0.480 e. The van der Waals surface area contributed by atoms with Gasteiger partial charge in [-0.2, -0.15) is 13.2 Å². The van der Waals surface area contributed by atoms with Gasteiger partial charge in [-0.15, -0.1) is 0 Å². The molecule has 3 aromatic carbocycles. The number of nitrogens with zero attached hydrogens (tertiary/aromatic N) is 2. The van der Waals surface area contributed by atoms with Crippen molar-refractivity contribution in [3.8, 4) is 11.1 Å². The molecule has 1 aromatic heterocycles. The molecule has 0 radical (unpaired) electrons. The maximum absolute atomic E-state index is 14.3. The van der Waals surface area contributed by atoms with Crippen LogP contribution in [0.5, 0.6) is 0 Å². The number of rotatable bonds is 8. The van der Waals surface area contributed by atoms with Crippen molar-refractivity contribution >= 4 is 40.3 Å². The molecule has 1 aliphatic rings. The molecule has 4 aromatic rings. The van der Waals surface area contributed by atoms with Crippen LogP contribution in [0.15, 0.2) is 76.6 Å². The average Bonchev–Trinajstić information content (AvgIpc) is 2.98. The summed E-state index contributed by atoms with van der Waals surface area (Å²) in [5.74, 6) is -2.25. The number of benzene rings is 3. The van der Waals surface area contributed by atoms with Crippen molar-refractivity contribution in [3.63, 3.8) is 0 Å². The minimum atomic E-state index is -4.64. The van der Waals surface area contributed by atoms with E-state index in [-0.39, 0.29) is 34.8 Å². The number of hydrogen-bond acceptors (Lipinski definition) is 5. The number of anilines is 1. The molecular weight excluding hydrogens is 591 g/mol. The van der Waals surface area contributed by atoms with Crippen LogP contribution in [0.3, 0.4) is 0 Å². The Morgan fingerprint density at radius 1 is 1.07 bits per heavy atom. The molecule has 0 bridgehead atoms. The summed E-state index contributed by atoms with van der Waals surface area (Å²) in [7, 11) is 0. The van der Waals surface area contributed by atoms with Gasteiger partial charge in [0.15, 0.2) is 0 Å². The van der Waals surface area contributed by atoms with E-state index < -0.39 is 41.1 Å². The number of nitrogens with one attached hydrogen (secondary N) is 1. The van der Waals surface area contributed by atoms with Crippen LogP contribution in [0.1, 0.15) is 49.9 Å². The number of aromatic nitrogens is 1. The number of carbonyl (C=O) groups excluding carboxylic acids is 1. The van der Waals surface area contributed by atoms with Crippen LogP contribution in [0, 0.1) is 5.92 Å². The fourth-order valence-electron chi connectivity index (χ4n) is 5.46. The van der Waals surface area contributed by atoms with E-state index in [9.17, 15) is 32.7 Å². The SMILES string of the molecule is CCCN1CC(C(=O)O)n2c(c(-c3cccc(C(F)(F)F)c3)c(Cc3cccc4ccccc34)c(NC(=O)C(C)C)c2=O)S1. The summed E-state index contributed by atoms with van der Waals surface area (Å²) < 4.78 is 44.9. The first-order valence-electron chi connectivity index (χ1n) is 14.3. The highest BCUT2D eigenvalue weighted by molar-refractivity contribution is 7.97. The minimum Gasteiger partial charge on any atom is -0.480 e. The van der Waals surface area contributed by atoms with E-state index in [1.54, 1.807) is 13.8 Å². The predicted octanol–water partition coefficient (Wildman–Crippen LogP) is 7.23. The van der Waals surface area contributed by atoms with Gasteiger partial charge in [-0.05, 0) is 58.0 Å². The molecule has 0 spiro atoms. The number of halogens is 3. The first-order valence-corrected chi connectivity index (χ1v) is 15.1. The summed E-state index contributed by atoms with van der Waals surface area (Å²) in [6.45, 7) is 5.74. The molecule has 2 heterocycles. The zero-order chi connectivity index (χ0) is 31.8. The molecule has 1 atom stereocenters. The molecular formula is C33H32F3N3O4S. The first kappa shape index (κ1) is 31.3. The first-order chi connectivity index (χ1) is 20.9. The smallest absolute Gasteiger partial charge is 0.416 e. The highest BCUT2D eigenvalue weighted by atomic mass is 32.2. The summed E-state index contributed by atoms with van der Waals surface area (Å²) in [4.78, 5) is 40.0. The Hall–Kier alpha value is -4.09. The number of pyridine rings is 1. The molecule has 44 heavy (non-hydrogen) atoms. The van der Waals surface area contributed by atoms with E-state index in [2.05, 4.69) is 5.32 Å². The third-order valence-corrected chi connectivity index (χ3v) is 8.79.